The van der Waals surface area contributed by atoms with E-state index in [1.54, 1.807) is 6.92 Å². The van der Waals surface area contributed by atoms with Gasteiger partial charge in [-0.2, -0.15) is 0 Å². The summed E-state index contributed by atoms with van der Waals surface area (Å²) in [4.78, 5) is 12.1. The van der Waals surface area contributed by atoms with Crippen LogP contribution in [0.15, 0.2) is 4.90 Å². The third-order valence-electron chi connectivity index (χ3n) is 2.99. The maximum absolute atomic E-state index is 11.4. The highest BCUT2D eigenvalue weighted by molar-refractivity contribution is 7.80. The fraction of sp³-hybridized carbons (Fsp3) is 0.400. The highest BCUT2D eigenvalue weighted by atomic mass is 32.1. The lowest BCUT2D eigenvalue weighted by atomic mass is 9.93. The van der Waals surface area contributed by atoms with Gasteiger partial charge in [-0.3, -0.25) is 0 Å². The molecule has 0 atom stereocenters. The van der Waals surface area contributed by atoms with E-state index in [1.165, 1.54) is 0 Å². The molecule has 0 fully saturated rings. The van der Waals surface area contributed by atoms with Gasteiger partial charge < -0.3 is 5.11 Å². The molecule has 0 unspecified atom stereocenters. The SMILES string of the molecule is Cc1c(S)c(C)c(C(=O)O)c(C)c1C#C[Si](C)(C)C. The second-order valence-electron chi connectivity index (χ2n) is 5.78. The summed E-state index contributed by atoms with van der Waals surface area (Å²) in [6, 6.07) is 0. The van der Waals surface area contributed by atoms with Crippen molar-refractivity contribution < 1.29 is 9.90 Å². The molecule has 0 amide bonds. The van der Waals surface area contributed by atoms with Crippen molar-refractivity contribution in [2.45, 2.75) is 45.3 Å². The lowest BCUT2D eigenvalue weighted by Crippen LogP contribution is -2.16. The van der Waals surface area contributed by atoms with Crippen LogP contribution in [0.2, 0.25) is 19.6 Å². The Morgan fingerprint density at radius 1 is 1.11 bits per heavy atom. The molecule has 1 aromatic rings. The molecular formula is C15H20O2SSi. The Morgan fingerprint density at radius 3 is 2.05 bits per heavy atom. The first-order valence-electron chi connectivity index (χ1n) is 6.15. The third kappa shape index (κ3) is 3.43. The minimum absolute atomic E-state index is 0.329. The highest BCUT2D eigenvalue weighted by Gasteiger charge is 2.19. The second kappa shape index (κ2) is 5.44. The molecule has 1 rings (SSSR count). The normalized spacial score (nSPS) is 10.9. The van der Waals surface area contributed by atoms with Crippen molar-refractivity contribution in [2.75, 3.05) is 0 Å². The fourth-order valence-corrected chi connectivity index (χ4v) is 2.69. The van der Waals surface area contributed by atoms with E-state index in [2.05, 4.69) is 43.7 Å². The van der Waals surface area contributed by atoms with E-state index < -0.39 is 14.0 Å². The van der Waals surface area contributed by atoms with E-state index in [1.807, 2.05) is 13.8 Å². The van der Waals surface area contributed by atoms with E-state index in [9.17, 15) is 9.90 Å². The molecule has 1 N–H and O–H groups in total. The van der Waals surface area contributed by atoms with Gasteiger partial charge in [0.05, 0.1) is 5.56 Å². The Morgan fingerprint density at radius 2 is 1.63 bits per heavy atom. The van der Waals surface area contributed by atoms with Crippen LogP contribution in [0.5, 0.6) is 0 Å². The summed E-state index contributed by atoms with van der Waals surface area (Å²) in [5.41, 5.74) is 6.86. The Kier molecular flexibility index (Phi) is 4.54. The minimum Gasteiger partial charge on any atom is -0.478 e. The van der Waals surface area contributed by atoms with Gasteiger partial charge in [-0.25, -0.2) is 4.79 Å². The number of thiol groups is 1. The molecule has 0 heterocycles. The molecule has 0 aliphatic heterocycles. The minimum atomic E-state index is -1.49. The Balaban J connectivity index is 3.65. The molecule has 2 nitrogen and oxygen atoms in total. The molecule has 0 bridgehead atoms. The first-order chi connectivity index (χ1) is 8.56. The van der Waals surface area contributed by atoms with Crippen LogP contribution in [0, 0.1) is 32.2 Å². The van der Waals surface area contributed by atoms with Crippen molar-refractivity contribution >= 4 is 26.7 Å². The Labute approximate surface area is 121 Å². The monoisotopic (exact) mass is 292 g/mol. The summed E-state index contributed by atoms with van der Waals surface area (Å²) in [5, 5.41) is 9.34. The standard InChI is InChI=1S/C15H20O2SSi/c1-9-12(7-8-19(4,5)6)10(2)14(18)11(3)13(9)15(16)17/h18H,1-6H3,(H,16,17). The maximum Gasteiger partial charge on any atom is 0.336 e. The van der Waals surface area contributed by atoms with Crippen molar-refractivity contribution in [3.05, 3.63) is 27.8 Å². The predicted molar refractivity (Wildman–Crippen MR) is 85.1 cm³/mol. The molecule has 0 radical (unpaired) electrons. The molecule has 0 spiro atoms. The van der Waals surface area contributed by atoms with Gasteiger partial charge in [0.1, 0.15) is 8.07 Å². The molecule has 0 aliphatic rings. The lowest BCUT2D eigenvalue weighted by molar-refractivity contribution is 0.0695. The summed E-state index contributed by atoms with van der Waals surface area (Å²) in [6.07, 6.45) is 0. The van der Waals surface area contributed by atoms with Crippen molar-refractivity contribution in [3.8, 4) is 11.5 Å². The van der Waals surface area contributed by atoms with Crippen LogP contribution in [0.4, 0.5) is 0 Å². The largest absolute Gasteiger partial charge is 0.478 e. The van der Waals surface area contributed by atoms with Crippen molar-refractivity contribution in [3.63, 3.8) is 0 Å². The van der Waals surface area contributed by atoms with Crippen molar-refractivity contribution in [2.24, 2.45) is 0 Å². The molecule has 19 heavy (non-hydrogen) atoms. The van der Waals surface area contributed by atoms with Crippen LogP contribution in [0.25, 0.3) is 0 Å². The number of carboxylic acids is 1. The number of benzene rings is 1. The topological polar surface area (TPSA) is 37.3 Å². The molecule has 0 aromatic heterocycles. The summed E-state index contributed by atoms with van der Waals surface area (Å²) < 4.78 is 0. The first kappa shape index (κ1) is 15.9. The number of hydrogen-bond acceptors (Lipinski definition) is 2. The smallest absolute Gasteiger partial charge is 0.336 e. The van der Waals surface area contributed by atoms with Crippen LogP contribution in [0.1, 0.15) is 32.6 Å². The van der Waals surface area contributed by atoms with Crippen molar-refractivity contribution in [1.29, 1.82) is 0 Å². The zero-order valence-electron chi connectivity index (χ0n) is 12.3. The summed E-state index contributed by atoms with van der Waals surface area (Å²) in [7, 11) is -1.49. The maximum atomic E-state index is 11.4. The van der Waals surface area contributed by atoms with Gasteiger partial charge >= 0.3 is 5.97 Å². The fourth-order valence-electron chi connectivity index (χ4n) is 1.96. The quantitative estimate of drug-likeness (QED) is 0.469. The molecule has 0 aliphatic carbocycles. The van der Waals surface area contributed by atoms with Gasteiger partial charge in [-0.15, -0.1) is 18.2 Å². The summed E-state index contributed by atoms with van der Waals surface area (Å²) in [5.74, 6) is 2.27. The van der Waals surface area contributed by atoms with Crippen LogP contribution < -0.4 is 0 Å². The van der Waals surface area contributed by atoms with Gasteiger partial charge in [0, 0.05) is 10.5 Å². The summed E-state index contributed by atoms with van der Waals surface area (Å²) >= 11 is 4.44. The van der Waals surface area contributed by atoms with Crippen molar-refractivity contribution in [1.82, 2.24) is 0 Å². The van der Waals surface area contributed by atoms with Gasteiger partial charge in [0.15, 0.2) is 0 Å². The van der Waals surface area contributed by atoms with Gasteiger partial charge in [-0.1, -0.05) is 25.6 Å². The van der Waals surface area contributed by atoms with Gasteiger partial charge in [-0.05, 0) is 37.5 Å². The van der Waals surface area contributed by atoms with Crippen LogP contribution in [-0.2, 0) is 0 Å². The van der Waals surface area contributed by atoms with Gasteiger partial charge in [0.2, 0.25) is 0 Å². The zero-order valence-corrected chi connectivity index (χ0v) is 14.2. The number of aromatic carboxylic acids is 1. The average Bonchev–Trinajstić information content (AvgIpc) is 2.24. The number of carbonyl (C=O) groups is 1. The Hall–Kier alpha value is -1.18. The highest BCUT2D eigenvalue weighted by Crippen LogP contribution is 2.29. The van der Waals surface area contributed by atoms with E-state index >= 15 is 0 Å². The number of carboxylic acid groups (broad SMARTS) is 1. The molecule has 1 aromatic carbocycles. The van der Waals surface area contributed by atoms with E-state index in [4.69, 9.17) is 0 Å². The molecule has 4 heteroatoms. The first-order valence-corrected chi connectivity index (χ1v) is 10.1. The number of hydrogen-bond donors (Lipinski definition) is 2. The second-order valence-corrected chi connectivity index (χ2v) is 11.0. The van der Waals surface area contributed by atoms with Crippen LogP contribution in [0.3, 0.4) is 0 Å². The van der Waals surface area contributed by atoms with Crippen LogP contribution >= 0.6 is 12.6 Å². The molecular weight excluding hydrogens is 272 g/mol. The number of rotatable bonds is 1. The summed E-state index contributed by atoms with van der Waals surface area (Å²) in [6.45, 7) is 12.1. The van der Waals surface area contributed by atoms with Crippen LogP contribution in [-0.4, -0.2) is 19.1 Å². The van der Waals surface area contributed by atoms with E-state index in [-0.39, 0.29) is 0 Å². The molecule has 0 saturated heterocycles. The lowest BCUT2D eigenvalue weighted by Gasteiger charge is -2.15. The zero-order chi connectivity index (χ0) is 15.0. The molecule has 102 valence electrons. The Bertz CT molecular complexity index is 602. The van der Waals surface area contributed by atoms with E-state index in [0.29, 0.717) is 11.1 Å². The average molecular weight is 292 g/mol. The van der Waals surface area contributed by atoms with E-state index in [0.717, 1.165) is 21.6 Å². The predicted octanol–water partition coefficient (Wildman–Crippen LogP) is 3.83. The van der Waals surface area contributed by atoms with Gasteiger partial charge in [0.25, 0.3) is 0 Å². The molecule has 0 saturated carbocycles. The third-order valence-corrected chi connectivity index (χ3v) is 4.53.